The second-order valence-electron chi connectivity index (χ2n) is 5.75. The Morgan fingerprint density at radius 2 is 2.20 bits per heavy atom. The van der Waals surface area contributed by atoms with Gasteiger partial charge in [0.25, 0.3) is 0 Å². The summed E-state index contributed by atoms with van der Waals surface area (Å²) in [5.74, 6) is 0. The lowest BCUT2D eigenvalue weighted by Gasteiger charge is -2.35. The molecule has 1 aromatic heterocycles. The molecule has 0 aliphatic carbocycles. The quantitative estimate of drug-likeness (QED) is 0.853. The van der Waals surface area contributed by atoms with E-state index < -0.39 is 0 Å². The minimum atomic E-state index is 0.283. The van der Waals surface area contributed by atoms with Crippen molar-refractivity contribution in [3.63, 3.8) is 0 Å². The molecule has 0 radical (unpaired) electrons. The number of rotatable bonds is 3. The molecule has 20 heavy (non-hydrogen) atoms. The van der Waals surface area contributed by atoms with Crippen LogP contribution in [0.5, 0.6) is 0 Å². The highest BCUT2D eigenvalue weighted by atomic mass is 79.9. The lowest BCUT2D eigenvalue weighted by atomic mass is 10.2. The fraction of sp³-hybridized carbons (Fsp3) is 0.500. The zero-order chi connectivity index (χ0) is 14.1. The number of ether oxygens (including phenoxy) is 1. The average molecular weight is 337 g/mol. The van der Waals surface area contributed by atoms with Crippen molar-refractivity contribution < 1.29 is 4.74 Å². The Kier molecular flexibility index (Phi) is 4.15. The van der Waals surface area contributed by atoms with Crippen LogP contribution in [-0.2, 0) is 11.3 Å². The van der Waals surface area contributed by atoms with Crippen molar-refractivity contribution in [2.24, 2.45) is 0 Å². The van der Waals surface area contributed by atoms with E-state index in [4.69, 9.17) is 4.74 Å². The molecule has 1 unspecified atom stereocenters. The van der Waals surface area contributed by atoms with E-state index in [1.165, 1.54) is 10.9 Å². The summed E-state index contributed by atoms with van der Waals surface area (Å²) >= 11 is 3.52. The average Bonchev–Trinajstić information content (AvgIpc) is 2.81. The van der Waals surface area contributed by atoms with E-state index in [-0.39, 0.29) is 6.10 Å². The molecular formula is C16H21BrN2O. The molecule has 2 heterocycles. The first kappa shape index (κ1) is 14.1. The predicted molar refractivity (Wildman–Crippen MR) is 86.1 cm³/mol. The normalized spacial score (nSPS) is 20.9. The number of hydrogen-bond acceptors (Lipinski definition) is 2. The molecule has 2 aromatic rings. The lowest BCUT2D eigenvalue weighted by Crippen LogP contribution is -2.47. The second kappa shape index (κ2) is 5.88. The number of halogens is 1. The predicted octanol–water partition coefficient (Wildman–Crippen LogP) is 3.51. The van der Waals surface area contributed by atoms with Gasteiger partial charge in [0, 0.05) is 40.7 Å². The minimum absolute atomic E-state index is 0.283. The van der Waals surface area contributed by atoms with Crippen molar-refractivity contribution in [1.29, 1.82) is 0 Å². The van der Waals surface area contributed by atoms with Crippen LogP contribution in [0.3, 0.4) is 0 Å². The van der Waals surface area contributed by atoms with Gasteiger partial charge in [0.15, 0.2) is 0 Å². The Hall–Kier alpha value is -0.840. The van der Waals surface area contributed by atoms with Crippen LogP contribution in [0.15, 0.2) is 34.9 Å². The molecule has 1 atom stereocenters. The molecule has 3 nitrogen and oxygen atoms in total. The Morgan fingerprint density at radius 3 is 3.00 bits per heavy atom. The van der Waals surface area contributed by atoms with Crippen molar-refractivity contribution >= 4 is 26.8 Å². The van der Waals surface area contributed by atoms with Crippen LogP contribution >= 0.6 is 15.9 Å². The summed E-state index contributed by atoms with van der Waals surface area (Å²) in [6.07, 6.45) is 2.44. The molecular weight excluding hydrogens is 316 g/mol. The molecule has 1 fully saturated rings. The number of nitrogens with zero attached hydrogens (tertiary/aromatic N) is 2. The maximum Gasteiger partial charge on any atom is 0.0881 e. The highest BCUT2D eigenvalue weighted by Crippen LogP contribution is 2.22. The highest BCUT2D eigenvalue weighted by Gasteiger charge is 2.22. The molecule has 1 aliphatic rings. The number of benzene rings is 1. The number of aromatic nitrogens is 1. The molecule has 1 aromatic carbocycles. The molecule has 0 saturated carbocycles. The number of fused-ring (bicyclic) bond motifs is 1. The van der Waals surface area contributed by atoms with Gasteiger partial charge in [-0.25, -0.2) is 0 Å². The van der Waals surface area contributed by atoms with Gasteiger partial charge in [-0.3, -0.25) is 4.90 Å². The summed E-state index contributed by atoms with van der Waals surface area (Å²) in [5, 5.41) is 1.27. The van der Waals surface area contributed by atoms with Gasteiger partial charge in [-0.15, -0.1) is 0 Å². The van der Waals surface area contributed by atoms with Gasteiger partial charge in [-0.2, -0.15) is 0 Å². The van der Waals surface area contributed by atoms with Crippen molar-refractivity contribution in [2.75, 3.05) is 19.7 Å². The van der Waals surface area contributed by atoms with Gasteiger partial charge in [0.2, 0.25) is 0 Å². The van der Waals surface area contributed by atoms with Gasteiger partial charge in [-0.05, 0) is 38.1 Å². The van der Waals surface area contributed by atoms with Crippen LogP contribution in [0, 0.1) is 0 Å². The lowest BCUT2D eigenvalue weighted by molar-refractivity contribution is -0.0451. The fourth-order valence-corrected chi connectivity index (χ4v) is 3.25. The van der Waals surface area contributed by atoms with E-state index in [0.717, 1.165) is 30.7 Å². The molecule has 0 bridgehead atoms. The largest absolute Gasteiger partial charge is 0.374 e. The summed E-state index contributed by atoms with van der Waals surface area (Å²) in [6, 6.07) is 9.19. The molecule has 0 amide bonds. The van der Waals surface area contributed by atoms with Crippen LogP contribution in [-0.4, -0.2) is 41.3 Å². The van der Waals surface area contributed by atoms with Crippen molar-refractivity contribution in [3.05, 3.63) is 34.9 Å². The van der Waals surface area contributed by atoms with Gasteiger partial charge in [0.1, 0.15) is 0 Å². The summed E-state index contributed by atoms with van der Waals surface area (Å²) < 4.78 is 9.36. The van der Waals surface area contributed by atoms with E-state index in [0.29, 0.717) is 6.04 Å². The van der Waals surface area contributed by atoms with Gasteiger partial charge in [0.05, 0.1) is 19.3 Å². The van der Waals surface area contributed by atoms with Gasteiger partial charge >= 0.3 is 0 Å². The Bertz CT molecular complexity index is 593. The SMILES string of the molecule is CC(C)N1CCOC(Cn2ccc3cc(Br)ccc32)C1. The third-order valence-corrected chi connectivity index (χ3v) is 4.53. The molecule has 1 saturated heterocycles. The molecule has 4 heteroatoms. The Labute approximate surface area is 128 Å². The summed E-state index contributed by atoms with van der Waals surface area (Å²) in [7, 11) is 0. The zero-order valence-electron chi connectivity index (χ0n) is 12.1. The van der Waals surface area contributed by atoms with Gasteiger partial charge < -0.3 is 9.30 Å². The van der Waals surface area contributed by atoms with Crippen LogP contribution in [0.2, 0.25) is 0 Å². The summed E-state index contributed by atoms with van der Waals surface area (Å²) in [4.78, 5) is 2.50. The number of morpholine rings is 1. The maximum absolute atomic E-state index is 5.93. The third kappa shape index (κ3) is 2.92. The van der Waals surface area contributed by atoms with Crippen molar-refractivity contribution in [1.82, 2.24) is 9.47 Å². The van der Waals surface area contributed by atoms with Crippen LogP contribution < -0.4 is 0 Å². The first-order chi connectivity index (χ1) is 9.63. The van der Waals surface area contributed by atoms with E-state index >= 15 is 0 Å². The van der Waals surface area contributed by atoms with Gasteiger partial charge in [-0.1, -0.05) is 15.9 Å². The molecule has 0 N–H and O–H groups in total. The maximum atomic E-state index is 5.93. The summed E-state index contributed by atoms with van der Waals surface area (Å²) in [5.41, 5.74) is 1.28. The zero-order valence-corrected chi connectivity index (χ0v) is 13.6. The Morgan fingerprint density at radius 1 is 1.35 bits per heavy atom. The first-order valence-electron chi connectivity index (χ1n) is 7.23. The van der Waals surface area contributed by atoms with Crippen molar-refractivity contribution in [3.8, 4) is 0 Å². The van der Waals surface area contributed by atoms with E-state index in [2.05, 4.69) is 69.7 Å². The van der Waals surface area contributed by atoms with Crippen LogP contribution in [0.1, 0.15) is 13.8 Å². The van der Waals surface area contributed by atoms with E-state index in [1.54, 1.807) is 0 Å². The fourth-order valence-electron chi connectivity index (χ4n) is 2.87. The topological polar surface area (TPSA) is 17.4 Å². The molecule has 1 aliphatic heterocycles. The molecule has 0 spiro atoms. The minimum Gasteiger partial charge on any atom is -0.374 e. The van der Waals surface area contributed by atoms with E-state index in [9.17, 15) is 0 Å². The number of hydrogen-bond donors (Lipinski definition) is 0. The monoisotopic (exact) mass is 336 g/mol. The van der Waals surface area contributed by atoms with Crippen LogP contribution in [0.4, 0.5) is 0 Å². The smallest absolute Gasteiger partial charge is 0.0881 e. The second-order valence-corrected chi connectivity index (χ2v) is 6.67. The van der Waals surface area contributed by atoms with E-state index in [1.807, 2.05) is 0 Å². The third-order valence-electron chi connectivity index (χ3n) is 4.03. The first-order valence-corrected chi connectivity index (χ1v) is 8.03. The van der Waals surface area contributed by atoms with Crippen LogP contribution in [0.25, 0.3) is 10.9 Å². The Balaban J connectivity index is 1.76. The van der Waals surface area contributed by atoms with Crippen molar-refractivity contribution in [2.45, 2.75) is 32.5 Å². The molecule has 3 rings (SSSR count). The highest BCUT2D eigenvalue weighted by molar-refractivity contribution is 9.10. The molecule has 108 valence electrons. The summed E-state index contributed by atoms with van der Waals surface area (Å²) in [6.45, 7) is 8.35. The standard InChI is InChI=1S/C16H21BrN2O/c1-12(2)18-7-8-20-15(10-18)11-19-6-5-13-9-14(17)3-4-16(13)19/h3-6,9,12,15H,7-8,10-11H2,1-2H3.